The molecule has 1 aromatic heterocycles. The zero-order valence-corrected chi connectivity index (χ0v) is 29.2. The van der Waals surface area contributed by atoms with Crippen molar-refractivity contribution in [1.82, 2.24) is 4.98 Å². The first-order valence-electron chi connectivity index (χ1n) is 16.6. The summed E-state index contributed by atoms with van der Waals surface area (Å²) >= 11 is 0. The van der Waals surface area contributed by atoms with Crippen molar-refractivity contribution in [2.75, 3.05) is 31.2 Å². The van der Waals surface area contributed by atoms with Gasteiger partial charge in [-0.1, -0.05) is 44.2 Å². The van der Waals surface area contributed by atoms with Crippen molar-refractivity contribution in [2.24, 2.45) is 5.41 Å². The molecule has 1 saturated heterocycles. The molecule has 4 rings (SSSR count). The molecular formula is C39H51FN2O5. The van der Waals surface area contributed by atoms with Crippen LogP contribution in [-0.4, -0.2) is 54.1 Å². The second-order valence-electron chi connectivity index (χ2n) is 14.4. The van der Waals surface area contributed by atoms with Crippen LogP contribution in [0.25, 0.3) is 17.2 Å². The molecule has 7 nitrogen and oxygen atoms in total. The summed E-state index contributed by atoms with van der Waals surface area (Å²) in [5, 5.41) is 10.6. The first-order valence-corrected chi connectivity index (χ1v) is 16.6. The lowest BCUT2D eigenvalue weighted by Gasteiger charge is -2.41. The summed E-state index contributed by atoms with van der Waals surface area (Å²) in [6, 6.07) is 14.3. The van der Waals surface area contributed by atoms with Crippen LogP contribution in [0.2, 0.25) is 0 Å². The van der Waals surface area contributed by atoms with Gasteiger partial charge in [0, 0.05) is 36.3 Å². The van der Waals surface area contributed by atoms with Gasteiger partial charge in [0.05, 0.1) is 36.3 Å². The van der Waals surface area contributed by atoms with Crippen molar-refractivity contribution in [3.63, 3.8) is 0 Å². The van der Waals surface area contributed by atoms with Gasteiger partial charge in [-0.25, -0.2) is 9.18 Å². The van der Waals surface area contributed by atoms with Gasteiger partial charge < -0.3 is 24.2 Å². The highest BCUT2D eigenvalue weighted by Gasteiger charge is 2.36. The van der Waals surface area contributed by atoms with Crippen molar-refractivity contribution in [1.29, 1.82) is 0 Å². The van der Waals surface area contributed by atoms with Crippen molar-refractivity contribution in [3.05, 3.63) is 82.9 Å². The Kier molecular flexibility index (Phi) is 11.9. The van der Waals surface area contributed by atoms with Crippen LogP contribution < -0.4 is 9.64 Å². The Hall–Kier alpha value is -3.75. The Morgan fingerprint density at radius 3 is 2.28 bits per heavy atom. The minimum Gasteiger partial charge on any atom is -0.493 e. The van der Waals surface area contributed by atoms with Crippen molar-refractivity contribution in [3.8, 4) is 16.9 Å². The molecule has 1 aliphatic rings. The highest BCUT2D eigenvalue weighted by atomic mass is 19.1. The predicted molar refractivity (Wildman–Crippen MR) is 187 cm³/mol. The van der Waals surface area contributed by atoms with E-state index in [1.807, 2.05) is 78.0 Å². The van der Waals surface area contributed by atoms with Crippen molar-refractivity contribution in [2.45, 2.75) is 92.5 Å². The molecule has 0 spiro atoms. The summed E-state index contributed by atoms with van der Waals surface area (Å²) in [5.74, 6) is -0.597. The van der Waals surface area contributed by atoms with E-state index in [0.717, 1.165) is 54.0 Å². The number of carbonyl (C=O) groups is 1. The van der Waals surface area contributed by atoms with Gasteiger partial charge in [0.25, 0.3) is 0 Å². The van der Waals surface area contributed by atoms with E-state index in [1.54, 1.807) is 12.1 Å². The second-order valence-corrected chi connectivity index (χ2v) is 14.4. The van der Waals surface area contributed by atoms with E-state index in [0.29, 0.717) is 36.6 Å². The smallest absolute Gasteiger partial charge is 0.337 e. The maximum atomic E-state index is 13.3. The number of benzene rings is 2. The lowest BCUT2D eigenvalue weighted by atomic mass is 9.81. The minimum atomic E-state index is -1.21. The number of aliphatic carboxylic acids is 1. The van der Waals surface area contributed by atoms with Crippen LogP contribution >= 0.6 is 0 Å². The Labute approximate surface area is 279 Å². The summed E-state index contributed by atoms with van der Waals surface area (Å²) in [6.07, 6.45) is 5.41. The molecule has 1 unspecified atom stereocenters. The summed E-state index contributed by atoms with van der Waals surface area (Å²) in [7, 11) is 0. The number of carboxylic acid groups (broad SMARTS) is 1. The Balaban J connectivity index is 1.82. The van der Waals surface area contributed by atoms with Gasteiger partial charge in [-0.05, 0) is 101 Å². The fraction of sp³-hybridized carbons (Fsp3) is 0.487. The average molecular weight is 647 g/mol. The first-order chi connectivity index (χ1) is 22.1. The van der Waals surface area contributed by atoms with Crippen LogP contribution in [-0.2, 0) is 20.7 Å². The molecule has 254 valence electrons. The van der Waals surface area contributed by atoms with Crippen molar-refractivity contribution < 1.29 is 28.5 Å². The van der Waals surface area contributed by atoms with Crippen LogP contribution in [0.3, 0.4) is 0 Å². The quantitative estimate of drug-likeness (QED) is 0.199. The largest absolute Gasteiger partial charge is 0.493 e. The maximum Gasteiger partial charge on any atom is 0.337 e. The molecular weight excluding hydrogens is 595 g/mol. The highest BCUT2D eigenvalue weighted by molar-refractivity contribution is 5.90. The fourth-order valence-electron chi connectivity index (χ4n) is 5.76. The fourth-order valence-corrected chi connectivity index (χ4v) is 5.76. The van der Waals surface area contributed by atoms with Gasteiger partial charge in [0.1, 0.15) is 11.6 Å². The normalized spacial score (nSPS) is 15.7. The molecule has 3 aromatic rings. The van der Waals surface area contributed by atoms with Gasteiger partial charge in [0.2, 0.25) is 0 Å². The molecule has 8 heteroatoms. The second kappa shape index (κ2) is 15.4. The van der Waals surface area contributed by atoms with Crippen LogP contribution in [0.1, 0.15) is 89.9 Å². The lowest BCUT2D eigenvalue weighted by molar-refractivity contribution is -0.160. The first kappa shape index (κ1) is 36.1. The number of rotatable bonds is 13. The van der Waals surface area contributed by atoms with Gasteiger partial charge in [0.15, 0.2) is 6.10 Å². The number of aryl methyl sites for hydroxylation is 1. The summed E-state index contributed by atoms with van der Waals surface area (Å²) in [5.41, 5.74) is 5.03. The molecule has 1 N–H and O–H groups in total. The van der Waals surface area contributed by atoms with E-state index in [1.165, 1.54) is 12.1 Å². The molecule has 0 aliphatic carbocycles. The Morgan fingerprint density at radius 2 is 1.70 bits per heavy atom. The number of anilines is 1. The SMILES string of the molecule is Cc1nc(/C=C/COC(C)C)c(-c2ccc(OCCc3ccc(F)cc3)cc2)c(N2CCC(C)(C)CC2)c1C(OC(C)(C)C)C(=O)O. The van der Waals surface area contributed by atoms with Crippen LogP contribution in [0.5, 0.6) is 5.75 Å². The average Bonchev–Trinajstić information content (AvgIpc) is 2.99. The molecule has 0 radical (unpaired) electrons. The van der Waals surface area contributed by atoms with Gasteiger partial charge in [-0.2, -0.15) is 0 Å². The van der Waals surface area contributed by atoms with Gasteiger partial charge >= 0.3 is 5.97 Å². The number of hydrogen-bond donors (Lipinski definition) is 1. The number of aromatic nitrogens is 1. The third-order valence-electron chi connectivity index (χ3n) is 8.33. The monoisotopic (exact) mass is 646 g/mol. The molecule has 0 amide bonds. The number of carboxylic acids is 1. The van der Waals surface area contributed by atoms with Crippen molar-refractivity contribution >= 4 is 17.7 Å². The zero-order chi connectivity index (χ0) is 34.4. The Morgan fingerprint density at radius 1 is 1.06 bits per heavy atom. The standard InChI is InChI=1S/C39H51FN2O5/c1-26(2)45-24-9-10-32-34(29-13-17-31(18-14-29)46-25-19-28-11-15-30(40)16-12-28)35(42-22-20-39(7,8)21-23-42)33(27(3)41-32)36(37(43)44)47-38(4,5)6/h9-18,26,36H,19-25H2,1-8H3,(H,43,44)/b10-9+. The number of piperidine rings is 1. The van der Waals surface area contributed by atoms with E-state index < -0.39 is 17.7 Å². The van der Waals surface area contributed by atoms with Gasteiger partial charge in [-0.3, -0.25) is 4.98 Å². The third kappa shape index (κ3) is 10.1. The molecule has 1 atom stereocenters. The number of nitrogens with zero attached hydrogens (tertiary/aromatic N) is 2. The predicted octanol–water partition coefficient (Wildman–Crippen LogP) is 8.82. The summed E-state index contributed by atoms with van der Waals surface area (Å²) in [6.45, 7) is 18.5. The van der Waals surface area contributed by atoms with Crippen LogP contribution in [0.15, 0.2) is 54.6 Å². The zero-order valence-electron chi connectivity index (χ0n) is 29.2. The van der Waals surface area contributed by atoms with Crippen LogP contribution in [0, 0.1) is 18.2 Å². The van der Waals surface area contributed by atoms with Gasteiger partial charge in [-0.15, -0.1) is 0 Å². The van der Waals surface area contributed by atoms with E-state index >= 15 is 0 Å². The lowest BCUT2D eigenvalue weighted by Crippen LogP contribution is -2.39. The van der Waals surface area contributed by atoms with E-state index in [4.69, 9.17) is 19.2 Å². The number of pyridine rings is 1. The Bertz CT molecular complexity index is 1510. The molecule has 2 heterocycles. The molecule has 0 bridgehead atoms. The molecule has 2 aromatic carbocycles. The number of halogens is 1. The van der Waals surface area contributed by atoms with E-state index in [-0.39, 0.29) is 17.3 Å². The molecule has 47 heavy (non-hydrogen) atoms. The van der Waals surface area contributed by atoms with E-state index in [2.05, 4.69) is 18.7 Å². The van der Waals surface area contributed by atoms with Crippen LogP contribution in [0.4, 0.5) is 10.1 Å². The van der Waals surface area contributed by atoms with E-state index in [9.17, 15) is 14.3 Å². The molecule has 1 aliphatic heterocycles. The topological polar surface area (TPSA) is 81.1 Å². The third-order valence-corrected chi connectivity index (χ3v) is 8.33. The number of hydrogen-bond acceptors (Lipinski definition) is 6. The molecule has 1 fully saturated rings. The highest BCUT2D eigenvalue weighted by Crippen LogP contribution is 2.45. The summed E-state index contributed by atoms with van der Waals surface area (Å²) in [4.78, 5) is 20.2. The maximum absolute atomic E-state index is 13.3. The molecule has 0 saturated carbocycles. The summed E-state index contributed by atoms with van der Waals surface area (Å²) < 4.78 is 31.4. The minimum absolute atomic E-state index is 0.0879. The number of ether oxygens (including phenoxy) is 3.